The molecule has 1 N–H and O–H groups in total. The summed E-state index contributed by atoms with van der Waals surface area (Å²) in [5.74, 6) is -2.51. The smallest absolute Gasteiger partial charge is 0.161 e. The second-order valence-electron chi connectivity index (χ2n) is 5.67. The van der Waals surface area contributed by atoms with E-state index in [0.717, 1.165) is 18.9 Å². The fourth-order valence-electron chi connectivity index (χ4n) is 2.70. The summed E-state index contributed by atoms with van der Waals surface area (Å²) in [6.45, 7) is 2.04. The van der Waals surface area contributed by atoms with Gasteiger partial charge in [0.25, 0.3) is 0 Å². The molecule has 0 aromatic heterocycles. The Labute approximate surface area is 121 Å². The van der Waals surface area contributed by atoms with Crippen molar-refractivity contribution in [1.29, 1.82) is 0 Å². The monoisotopic (exact) mass is 291 g/mol. The summed E-state index contributed by atoms with van der Waals surface area (Å²) in [5.41, 5.74) is 2.52. The summed E-state index contributed by atoms with van der Waals surface area (Å²) >= 11 is 0. The third-order valence-corrected chi connectivity index (χ3v) is 4.06. The zero-order valence-electron chi connectivity index (χ0n) is 11.7. The summed E-state index contributed by atoms with van der Waals surface area (Å²) in [4.78, 5) is 0. The highest BCUT2D eigenvalue weighted by Gasteiger charge is 2.30. The minimum Gasteiger partial charge on any atom is -0.380 e. The first-order valence-corrected chi connectivity index (χ1v) is 7.00. The van der Waals surface area contributed by atoms with Crippen LogP contribution in [-0.2, 0) is 0 Å². The molecule has 3 rings (SSSR count). The van der Waals surface area contributed by atoms with Crippen LogP contribution in [0.3, 0.4) is 0 Å². The predicted octanol–water partition coefficient (Wildman–Crippen LogP) is 4.77. The highest BCUT2D eigenvalue weighted by Crippen LogP contribution is 2.39. The molecule has 0 spiro atoms. The normalized spacial score (nSPS) is 21.0. The fraction of sp³-hybridized carbons (Fsp3) is 0.294. The minimum atomic E-state index is -1.16. The number of nitrogens with one attached hydrogen (secondary N) is 1. The second-order valence-corrected chi connectivity index (χ2v) is 5.67. The Balaban J connectivity index is 1.62. The van der Waals surface area contributed by atoms with Gasteiger partial charge >= 0.3 is 0 Å². The van der Waals surface area contributed by atoms with E-state index < -0.39 is 17.5 Å². The number of rotatable bonds is 3. The van der Waals surface area contributed by atoms with Gasteiger partial charge in [-0.3, -0.25) is 0 Å². The highest BCUT2D eigenvalue weighted by molar-refractivity contribution is 5.47. The van der Waals surface area contributed by atoms with E-state index in [-0.39, 0.29) is 11.7 Å². The average molecular weight is 291 g/mol. The lowest BCUT2D eigenvalue weighted by Gasteiger charge is -2.37. The van der Waals surface area contributed by atoms with E-state index in [9.17, 15) is 13.2 Å². The van der Waals surface area contributed by atoms with E-state index in [0.29, 0.717) is 12.0 Å². The van der Waals surface area contributed by atoms with Crippen LogP contribution < -0.4 is 5.32 Å². The van der Waals surface area contributed by atoms with Gasteiger partial charge in [0.15, 0.2) is 11.6 Å². The fourth-order valence-corrected chi connectivity index (χ4v) is 2.70. The van der Waals surface area contributed by atoms with Crippen LogP contribution >= 0.6 is 0 Å². The van der Waals surface area contributed by atoms with Gasteiger partial charge < -0.3 is 5.32 Å². The number of aryl methyl sites for hydroxylation is 1. The van der Waals surface area contributed by atoms with Crippen LogP contribution in [0.15, 0.2) is 36.4 Å². The quantitative estimate of drug-likeness (QED) is 0.803. The second kappa shape index (κ2) is 5.43. The van der Waals surface area contributed by atoms with E-state index in [2.05, 4.69) is 29.6 Å². The summed E-state index contributed by atoms with van der Waals surface area (Å²) in [7, 11) is 0. The third kappa shape index (κ3) is 2.89. The van der Waals surface area contributed by atoms with E-state index >= 15 is 0 Å². The topological polar surface area (TPSA) is 12.0 Å². The summed E-state index contributed by atoms with van der Waals surface area (Å²) in [6.07, 6.45) is 1.73. The highest BCUT2D eigenvalue weighted by atomic mass is 19.2. The Morgan fingerprint density at radius 3 is 2.19 bits per heavy atom. The van der Waals surface area contributed by atoms with Crippen LogP contribution in [0.5, 0.6) is 0 Å². The largest absolute Gasteiger partial charge is 0.380 e. The molecule has 0 heterocycles. The minimum absolute atomic E-state index is 0.0289. The first kappa shape index (κ1) is 14.0. The lowest BCUT2D eigenvalue weighted by atomic mass is 9.75. The molecular weight excluding hydrogens is 275 g/mol. The first-order chi connectivity index (χ1) is 10.0. The molecule has 0 unspecified atom stereocenters. The molecule has 110 valence electrons. The number of anilines is 1. The van der Waals surface area contributed by atoms with E-state index in [1.165, 1.54) is 11.1 Å². The molecule has 1 fully saturated rings. The number of hydrogen-bond donors (Lipinski definition) is 1. The molecule has 1 aliphatic rings. The Hall–Kier alpha value is -1.97. The molecule has 1 aliphatic carbocycles. The number of halogens is 3. The first-order valence-electron chi connectivity index (χ1n) is 7.00. The molecule has 1 nitrogen and oxygen atoms in total. The van der Waals surface area contributed by atoms with Crippen molar-refractivity contribution in [3.63, 3.8) is 0 Å². The van der Waals surface area contributed by atoms with Crippen molar-refractivity contribution in [2.24, 2.45) is 0 Å². The van der Waals surface area contributed by atoms with Crippen LogP contribution in [0.4, 0.5) is 18.9 Å². The van der Waals surface area contributed by atoms with Gasteiger partial charge in [0.1, 0.15) is 5.82 Å². The van der Waals surface area contributed by atoms with Crippen LogP contribution in [-0.4, -0.2) is 6.04 Å². The molecule has 0 aliphatic heterocycles. The molecular formula is C17H16F3N. The standard InChI is InChI=1S/C17H16F3N/c1-10-2-4-11(5-3-10)12-6-13(7-12)21-17-9-15(19)14(18)8-16(17)20/h2-5,8-9,12-13,21H,6-7H2,1H3. The number of hydrogen-bond acceptors (Lipinski definition) is 1. The zero-order valence-corrected chi connectivity index (χ0v) is 11.7. The van der Waals surface area contributed by atoms with Crippen molar-refractivity contribution in [3.05, 3.63) is 65.0 Å². The zero-order chi connectivity index (χ0) is 15.0. The van der Waals surface area contributed by atoms with E-state index in [1.807, 2.05) is 6.92 Å². The van der Waals surface area contributed by atoms with Gasteiger partial charge in [-0.2, -0.15) is 0 Å². The maximum Gasteiger partial charge on any atom is 0.161 e. The molecule has 0 radical (unpaired) electrons. The van der Waals surface area contributed by atoms with Crippen molar-refractivity contribution in [2.75, 3.05) is 5.32 Å². The molecule has 21 heavy (non-hydrogen) atoms. The molecule has 2 aromatic rings. The van der Waals surface area contributed by atoms with Crippen molar-refractivity contribution in [2.45, 2.75) is 31.7 Å². The Bertz CT molecular complexity index is 646. The summed E-state index contributed by atoms with van der Waals surface area (Å²) < 4.78 is 39.5. The molecule has 0 bridgehead atoms. The molecule has 0 atom stereocenters. The van der Waals surface area contributed by atoms with Gasteiger partial charge in [0.05, 0.1) is 5.69 Å². The van der Waals surface area contributed by atoms with E-state index in [1.54, 1.807) is 0 Å². The lowest BCUT2D eigenvalue weighted by molar-refractivity contribution is 0.372. The van der Waals surface area contributed by atoms with E-state index in [4.69, 9.17) is 0 Å². The van der Waals surface area contributed by atoms with Gasteiger partial charge in [-0.25, -0.2) is 13.2 Å². The van der Waals surface area contributed by atoms with Crippen LogP contribution in [0.25, 0.3) is 0 Å². The van der Waals surface area contributed by atoms with Crippen molar-refractivity contribution in [3.8, 4) is 0 Å². The Morgan fingerprint density at radius 1 is 0.905 bits per heavy atom. The van der Waals surface area contributed by atoms with Gasteiger partial charge in [-0.05, 0) is 31.2 Å². The maximum atomic E-state index is 13.5. The predicted molar refractivity (Wildman–Crippen MR) is 76.9 cm³/mol. The van der Waals surface area contributed by atoms with Crippen molar-refractivity contribution >= 4 is 5.69 Å². The summed E-state index contributed by atoms with van der Waals surface area (Å²) in [6, 6.07) is 9.91. The lowest BCUT2D eigenvalue weighted by Crippen LogP contribution is -2.34. The van der Waals surface area contributed by atoms with Gasteiger partial charge in [0.2, 0.25) is 0 Å². The molecule has 2 aromatic carbocycles. The van der Waals surface area contributed by atoms with Gasteiger partial charge in [-0.1, -0.05) is 29.8 Å². The summed E-state index contributed by atoms with van der Waals surface area (Å²) in [5, 5.41) is 2.94. The van der Waals surface area contributed by atoms with Crippen LogP contribution in [0, 0.1) is 24.4 Å². The van der Waals surface area contributed by atoms with Crippen molar-refractivity contribution in [1.82, 2.24) is 0 Å². The SMILES string of the molecule is Cc1ccc(C2CC(Nc3cc(F)c(F)cc3F)C2)cc1. The maximum absolute atomic E-state index is 13.5. The Kier molecular flexibility index (Phi) is 3.62. The average Bonchev–Trinajstić information content (AvgIpc) is 2.40. The van der Waals surface area contributed by atoms with Gasteiger partial charge in [-0.15, -0.1) is 0 Å². The van der Waals surface area contributed by atoms with Gasteiger partial charge in [0, 0.05) is 18.2 Å². The van der Waals surface area contributed by atoms with Crippen LogP contribution in [0.1, 0.15) is 29.9 Å². The Morgan fingerprint density at radius 2 is 1.52 bits per heavy atom. The molecule has 0 amide bonds. The van der Waals surface area contributed by atoms with Crippen LogP contribution in [0.2, 0.25) is 0 Å². The van der Waals surface area contributed by atoms with Crippen molar-refractivity contribution < 1.29 is 13.2 Å². The molecule has 1 saturated carbocycles. The number of benzene rings is 2. The third-order valence-electron chi connectivity index (χ3n) is 4.06. The molecule has 4 heteroatoms. The molecule has 0 saturated heterocycles.